The van der Waals surface area contributed by atoms with Crippen LogP contribution in [0.2, 0.25) is 0 Å². The smallest absolute Gasteiger partial charge is 0.176 e. The Bertz CT molecular complexity index is 85.8. The van der Waals surface area contributed by atoms with Crippen LogP contribution in [-0.4, -0.2) is 11.4 Å². The third kappa shape index (κ3) is 5.79. The van der Waals surface area contributed by atoms with Crippen molar-refractivity contribution < 1.29 is 4.57 Å². The van der Waals surface area contributed by atoms with Crippen molar-refractivity contribution >= 4 is 25.8 Å². The van der Waals surface area contributed by atoms with Crippen LogP contribution < -0.4 is 11.1 Å². The molecule has 3 N–H and O–H groups in total. The summed E-state index contributed by atoms with van der Waals surface area (Å²) >= 11 is 4.38. The molecule has 0 unspecified atom stereocenters. The Labute approximate surface area is 48.5 Å². The van der Waals surface area contributed by atoms with Gasteiger partial charge in [0.25, 0.3) is 0 Å². The van der Waals surface area contributed by atoms with E-state index >= 15 is 0 Å². The summed E-state index contributed by atoms with van der Waals surface area (Å²) < 4.78 is 9.63. The van der Waals surface area contributed by atoms with Crippen LogP contribution in [0.15, 0.2) is 0 Å². The topological polar surface area (TPSA) is 55.1 Å². The molecule has 0 atom stereocenters. The van der Waals surface area contributed by atoms with Gasteiger partial charge in [0.05, 0.1) is 6.29 Å². The Hall–Kier alpha value is -0.210. The first kappa shape index (κ1) is 6.79. The Morgan fingerprint density at radius 2 is 2.57 bits per heavy atom. The molecule has 0 fully saturated rings. The monoisotopic (exact) mass is 136 g/mol. The molecule has 0 bridgehead atoms. The summed E-state index contributed by atoms with van der Waals surface area (Å²) in [4.78, 5) is 0. The second-order valence-electron chi connectivity index (χ2n) is 0.828. The van der Waals surface area contributed by atoms with Crippen molar-refractivity contribution in [2.45, 2.75) is 0 Å². The minimum Gasteiger partial charge on any atom is -0.376 e. The first-order chi connectivity index (χ1) is 3.27. The number of rotatable bonds is 2. The largest absolute Gasteiger partial charge is 0.376 e. The third-order valence-corrected chi connectivity index (χ3v) is 0.749. The molecule has 0 aliphatic rings. The molecule has 0 radical (unpaired) electrons. The van der Waals surface area contributed by atoms with Gasteiger partial charge >= 0.3 is 0 Å². The first-order valence-electron chi connectivity index (χ1n) is 1.60. The molecule has 0 rings (SSSR count). The molecular weight excluding hydrogens is 131 g/mol. The van der Waals surface area contributed by atoms with E-state index in [1.165, 1.54) is 0 Å². The maximum atomic E-state index is 9.63. The molecule has 7 heavy (non-hydrogen) atoms. The van der Waals surface area contributed by atoms with Gasteiger partial charge < -0.3 is 11.1 Å². The molecular formula is C2H5N2OPS. The van der Waals surface area contributed by atoms with E-state index in [1.54, 1.807) is 0 Å². The number of hydrogen-bond acceptors (Lipinski definition) is 2. The Morgan fingerprint density at radius 3 is 2.71 bits per heavy atom. The molecule has 3 nitrogen and oxygen atoms in total. The van der Waals surface area contributed by atoms with Gasteiger partial charge in [-0.15, -0.1) is 0 Å². The minimum atomic E-state index is 0.0117. The summed E-state index contributed by atoms with van der Waals surface area (Å²) in [7, 11) is 0.0117. The van der Waals surface area contributed by atoms with Crippen LogP contribution in [-0.2, 0) is 4.57 Å². The molecule has 0 amide bonds. The van der Waals surface area contributed by atoms with Gasteiger partial charge in [-0.3, -0.25) is 4.57 Å². The van der Waals surface area contributed by atoms with Crippen molar-refractivity contribution in [3.63, 3.8) is 0 Å². The molecule has 40 valence electrons. The third-order valence-electron chi connectivity index (χ3n) is 0.318. The molecule has 5 heteroatoms. The van der Waals surface area contributed by atoms with Gasteiger partial charge in [0.2, 0.25) is 0 Å². The van der Waals surface area contributed by atoms with E-state index in [0.717, 1.165) is 0 Å². The lowest BCUT2D eigenvalue weighted by Gasteiger charge is -1.91. The van der Waals surface area contributed by atoms with Gasteiger partial charge in [-0.05, 0) is 12.2 Å². The van der Waals surface area contributed by atoms with Gasteiger partial charge in [-0.2, -0.15) is 0 Å². The van der Waals surface area contributed by atoms with E-state index in [1.807, 2.05) is 0 Å². The van der Waals surface area contributed by atoms with Crippen molar-refractivity contribution in [1.82, 2.24) is 5.32 Å². The van der Waals surface area contributed by atoms with Crippen LogP contribution in [0, 0.1) is 0 Å². The highest BCUT2D eigenvalue weighted by Gasteiger charge is 1.80. The zero-order valence-electron chi connectivity index (χ0n) is 3.55. The predicted octanol–water partition coefficient (Wildman–Crippen LogP) is 0.0688. The maximum Gasteiger partial charge on any atom is 0.176 e. The van der Waals surface area contributed by atoms with Crippen molar-refractivity contribution in [2.24, 2.45) is 5.73 Å². The number of nitrogens with one attached hydrogen (secondary N) is 1. The lowest BCUT2D eigenvalue weighted by molar-refractivity contribution is 0.597. The normalized spacial score (nSPS) is 8.57. The van der Waals surface area contributed by atoms with E-state index in [-0.39, 0.29) is 13.6 Å². The Balaban J connectivity index is 2.97. The zero-order valence-corrected chi connectivity index (χ0v) is 5.26. The second-order valence-corrected chi connectivity index (χ2v) is 1.84. The summed E-state index contributed by atoms with van der Waals surface area (Å²) in [5.74, 6) is 0. The van der Waals surface area contributed by atoms with Gasteiger partial charge in [-0.1, -0.05) is 0 Å². The fraction of sp³-hybridized carbons (Fsp3) is 0.500. The summed E-state index contributed by atoms with van der Waals surface area (Å²) in [6, 6.07) is 0. The fourth-order valence-electron chi connectivity index (χ4n) is 0.110. The summed E-state index contributed by atoms with van der Waals surface area (Å²) in [6.07, 6.45) is 0.301. The first-order valence-corrected chi connectivity index (χ1v) is 3.00. The summed E-state index contributed by atoms with van der Waals surface area (Å²) in [6.45, 7) is 0. The molecule has 0 aromatic rings. The van der Waals surface area contributed by atoms with Crippen molar-refractivity contribution in [2.75, 3.05) is 6.29 Å². The van der Waals surface area contributed by atoms with Gasteiger partial charge in [0, 0.05) is 0 Å². The summed E-state index contributed by atoms with van der Waals surface area (Å²) in [5.41, 5.74) is 4.96. The van der Waals surface area contributed by atoms with Gasteiger partial charge in [-0.25, -0.2) is 0 Å². The Morgan fingerprint density at radius 1 is 2.00 bits per heavy atom. The van der Waals surface area contributed by atoms with E-state index in [4.69, 9.17) is 5.73 Å². The SMILES string of the molecule is NC(=S)NCP=O. The fourth-order valence-corrected chi connectivity index (χ4v) is 0.524. The van der Waals surface area contributed by atoms with E-state index in [0.29, 0.717) is 6.29 Å². The van der Waals surface area contributed by atoms with Crippen LogP contribution in [0.5, 0.6) is 0 Å². The van der Waals surface area contributed by atoms with E-state index in [2.05, 4.69) is 17.5 Å². The maximum absolute atomic E-state index is 9.63. The minimum absolute atomic E-state index is 0.0117. The van der Waals surface area contributed by atoms with Crippen molar-refractivity contribution in [3.05, 3.63) is 0 Å². The van der Waals surface area contributed by atoms with E-state index < -0.39 is 0 Å². The molecule has 0 aliphatic carbocycles. The van der Waals surface area contributed by atoms with E-state index in [9.17, 15) is 4.57 Å². The molecule has 0 saturated heterocycles. The average molecular weight is 136 g/mol. The van der Waals surface area contributed by atoms with Crippen LogP contribution in [0.3, 0.4) is 0 Å². The number of thiocarbonyl (C=S) groups is 1. The van der Waals surface area contributed by atoms with Crippen molar-refractivity contribution in [1.29, 1.82) is 0 Å². The molecule has 0 aliphatic heterocycles. The summed E-state index contributed by atoms with van der Waals surface area (Å²) in [5, 5.41) is 2.66. The number of nitrogens with two attached hydrogens (primary N) is 1. The quantitative estimate of drug-likeness (QED) is 0.416. The van der Waals surface area contributed by atoms with Crippen LogP contribution >= 0.6 is 20.7 Å². The van der Waals surface area contributed by atoms with Crippen LogP contribution in [0.4, 0.5) is 0 Å². The van der Waals surface area contributed by atoms with Crippen molar-refractivity contribution in [3.8, 4) is 0 Å². The lowest BCUT2D eigenvalue weighted by atomic mass is 11.1. The van der Waals surface area contributed by atoms with Crippen LogP contribution in [0.1, 0.15) is 0 Å². The average Bonchev–Trinajstić information content (AvgIpc) is 1.61. The molecule has 0 heterocycles. The molecule has 0 saturated carbocycles. The predicted molar refractivity (Wildman–Crippen MR) is 32.4 cm³/mol. The van der Waals surface area contributed by atoms with Crippen LogP contribution in [0.25, 0.3) is 0 Å². The highest BCUT2D eigenvalue weighted by atomic mass is 32.1. The number of hydrogen-bond donors (Lipinski definition) is 2. The van der Waals surface area contributed by atoms with Gasteiger partial charge in [0.15, 0.2) is 13.6 Å². The molecule has 0 spiro atoms. The highest BCUT2D eigenvalue weighted by Crippen LogP contribution is 1.81. The standard InChI is InChI=1S/C2H5N2OPS/c3-2(7)4-1-6-5/h1H2,(H3,3,4,7). The molecule has 0 aromatic carbocycles. The zero-order chi connectivity index (χ0) is 5.70. The lowest BCUT2D eigenvalue weighted by Crippen LogP contribution is -2.27. The highest BCUT2D eigenvalue weighted by molar-refractivity contribution is 7.80. The van der Waals surface area contributed by atoms with Gasteiger partial charge in [0.1, 0.15) is 0 Å². The molecule has 0 aromatic heterocycles. The Kier molecular flexibility index (Phi) is 3.84. The second kappa shape index (κ2) is 3.96.